The molecule has 8 nitrogen and oxygen atoms in total. The molecule has 8 heteroatoms. The second kappa shape index (κ2) is 6.14. The van der Waals surface area contributed by atoms with Gasteiger partial charge in [-0.2, -0.15) is 4.98 Å². The topological polar surface area (TPSA) is 120 Å². The van der Waals surface area contributed by atoms with E-state index in [1.54, 1.807) is 0 Å². The van der Waals surface area contributed by atoms with Crippen LogP contribution in [0.15, 0.2) is 29.7 Å². The standard InChI is InChI=1S/C12H17N3O5/c1-2-5-19-10-7(6-16)20-11(9(10)17)15-4-3-8(13)14-12(15)18/h2-4,7,9-11,16-17H,1,5-6H2,(H2,13,14,18)/t7-,9?,10+,11-/m1/s1. The van der Waals surface area contributed by atoms with Gasteiger partial charge in [-0.15, -0.1) is 6.58 Å². The van der Waals surface area contributed by atoms with E-state index in [0.29, 0.717) is 0 Å². The highest BCUT2D eigenvalue weighted by molar-refractivity contribution is 5.23. The number of nitrogens with two attached hydrogens (primary N) is 1. The maximum Gasteiger partial charge on any atom is 0.351 e. The van der Waals surface area contributed by atoms with E-state index in [9.17, 15) is 15.0 Å². The highest BCUT2D eigenvalue weighted by atomic mass is 16.6. The summed E-state index contributed by atoms with van der Waals surface area (Å²) in [5.74, 6) is 0.0805. The van der Waals surface area contributed by atoms with Gasteiger partial charge in [0.1, 0.15) is 24.1 Å². The summed E-state index contributed by atoms with van der Waals surface area (Å²) in [6.07, 6.45) is -0.696. The summed E-state index contributed by atoms with van der Waals surface area (Å²) in [7, 11) is 0. The van der Waals surface area contributed by atoms with E-state index in [0.717, 1.165) is 4.57 Å². The highest BCUT2D eigenvalue weighted by Crippen LogP contribution is 2.30. The Kier molecular flexibility index (Phi) is 4.50. The summed E-state index contributed by atoms with van der Waals surface area (Å²) in [5, 5.41) is 19.5. The predicted octanol–water partition coefficient (Wildman–Crippen LogP) is -1.35. The summed E-state index contributed by atoms with van der Waals surface area (Å²) < 4.78 is 11.9. The van der Waals surface area contributed by atoms with E-state index in [2.05, 4.69) is 11.6 Å². The van der Waals surface area contributed by atoms with Gasteiger partial charge < -0.3 is 25.4 Å². The van der Waals surface area contributed by atoms with Crippen molar-refractivity contribution in [1.82, 2.24) is 9.55 Å². The maximum atomic E-state index is 11.7. The fourth-order valence-corrected chi connectivity index (χ4v) is 2.10. The SMILES string of the molecule is C=CCO[C@@H]1C(O)[C@H](n2ccc(N)nc2=O)O[C@@H]1CO. The molecule has 0 saturated carbocycles. The van der Waals surface area contributed by atoms with Gasteiger partial charge in [-0.05, 0) is 6.07 Å². The van der Waals surface area contributed by atoms with Crippen LogP contribution in [0.1, 0.15) is 6.23 Å². The van der Waals surface area contributed by atoms with Gasteiger partial charge in [-0.25, -0.2) is 4.79 Å². The average molecular weight is 283 g/mol. The lowest BCUT2D eigenvalue weighted by Crippen LogP contribution is -2.38. The van der Waals surface area contributed by atoms with E-state index in [-0.39, 0.29) is 19.0 Å². The first-order chi connectivity index (χ1) is 9.58. The van der Waals surface area contributed by atoms with Crippen LogP contribution in [0, 0.1) is 0 Å². The van der Waals surface area contributed by atoms with Crippen molar-refractivity contribution in [3.63, 3.8) is 0 Å². The van der Waals surface area contributed by atoms with Crippen molar-refractivity contribution < 1.29 is 19.7 Å². The Bertz CT molecular complexity index is 532. The lowest BCUT2D eigenvalue weighted by atomic mass is 10.1. The van der Waals surface area contributed by atoms with E-state index >= 15 is 0 Å². The molecule has 1 aromatic heterocycles. The Morgan fingerprint density at radius 1 is 1.65 bits per heavy atom. The van der Waals surface area contributed by atoms with E-state index < -0.39 is 30.2 Å². The predicted molar refractivity (Wildman–Crippen MR) is 69.8 cm³/mol. The first kappa shape index (κ1) is 14.7. The number of hydrogen-bond acceptors (Lipinski definition) is 7. The molecule has 1 saturated heterocycles. The van der Waals surface area contributed by atoms with Gasteiger partial charge >= 0.3 is 5.69 Å². The fourth-order valence-electron chi connectivity index (χ4n) is 2.10. The number of aromatic nitrogens is 2. The Labute approximate surface area is 115 Å². The van der Waals surface area contributed by atoms with Crippen molar-refractivity contribution in [1.29, 1.82) is 0 Å². The smallest absolute Gasteiger partial charge is 0.351 e. The number of ether oxygens (including phenoxy) is 2. The van der Waals surface area contributed by atoms with Gasteiger partial charge in [0.15, 0.2) is 6.23 Å². The number of rotatable bonds is 5. The molecular formula is C12H17N3O5. The third-order valence-electron chi connectivity index (χ3n) is 3.02. The Balaban J connectivity index is 2.25. The fraction of sp³-hybridized carbons (Fsp3) is 0.500. The molecule has 1 aliphatic rings. The minimum atomic E-state index is -1.12. The molecule has 0 bridgehead atoms. The summed E-state index contributed by atoms with van der Waals surface area (Å²) in [5.41, 5.74) is 4.76. The van der Waals surface area contributed by atoms with Crippen LogP contribution in [0.3, 0.4) is 0 Å². The van der Waals surface area contributed by atoms with E-state index in [1.165, 1.54) is 18.3 Å². The largest absolute Gasteiger partial charge is 0.394 e. The zero-order chi connectivity index (χ0) is 14.7. The Hall–Kier alpha value is -1.74. The minimum Gasteiger partial charge on any atom is -0.394 e. The van der Waals surface area contributed by atoms with Crippen LogP contribution in [0.2, 0.25) is 0 Å². The lowest BCUT2D eigenvalue weighted by molar-refractivity contribution is -0.0590. The van der Waals surface area contributed by atoms with Gasteiger partial charge in [-0.1, -0.05) is 6.08 Å². The number of hydrogen-bond donors (Lipinski definition) is 3. The molecule has 0 aromatic carbocycles. The molecule has 1 aromatic rings. The van der Waals surface area contributed by atoms with E-state index in [4.69, 9.17) is 15.2 Å². The van der Waals surface area contributed by atoms with Crippen molar-refractivity contribution in [3.05, 3.63) is 35.4 Å². The molecule has 2 heterocycles. The number of aliphatic hydroxyl groups is 2. The summed E-state index contributed by atoms with van der Waals surface area (Å²) in [6, 6.07) is 1.42. The first-order valence-corrected chi connectivity index (χ1v) is 6.10. The molecule has 110 valence electrons. The molecule has 0 amide bonds. The molecule has 2 rings (SSSR count). The maximum absolute atomic E-state index is 11.7. The molecule has 1 unspecified atom stereocenters. The van der Waals surface area contributed by atoms with E-state index in [1.807, 2.05) is 0 Å². The van der Waals surface area contributed by atoms with Gasteiger partial charge in [0, 0.05) is 6.20 Å². The third kappa shape index (κ3) is 2.73. The molecule has 1 aliphatic heterocycles. The first-order valence-electron chi connectivity index (χ1n) is 6.10. The molecule has 4 N–H and O–H groups in total. The minimum absolute atomic E-state index is 0.0805. The van der Waals surface area contributed by atoms with Crippen molar-refractivity contribution in [2.45, 2.75) is 24.5 Å². The summed E-state index contributed by atoms with van der Waals surface area (Å²) in [4.78, 5) is 15.3. The Morgan fingerprint density at radius 3 is 3.00 bits per heavy atom. The van der Waals surface area contributed by atoms with Gasteiger partial charge in [-0.3, -0.25) is 4.57 Å². The molecule has 0 radical (unpaired) electrons. The second-order valence-electron chi connectivity index (χ2n) is 4.37. The van der Waals surface area contributed by atoms with Crippen LogP contribution >= 0.6 is 0 Å². The van der Waals surface area contributed by atoms with Crippen LogP contribution in [0.5, 0.6) is 0 Å². The Morgan fingerprint density at radius 2 is 2.40 bits per heavy atom. The average Bonchev–Trinajstić information content (AvgIpc) is 2.73. The molecular weight excluding hydrogens is 266 g/mol. The number of aliphatic hydroxyl groups excluding tert-OH is 2. The molecule has 0 spiro atoms. The van der Waals surface area contributed by atoms with Crippen molar-refractivity contribution in [3.8, 4) is 0 Å². The molecule has 0 aliphatic carbocycles. The summed E-state index contributed by atoms with van der Waals surface area (Å²) in [6.45, 7) is 3.37. The van der Waals surface area contributed by atoms with Crippen LogP contribution in [0.4, 0.5) is 5.82 Å². The molecule has 1 fully saturated rings. The zero-order valence-corrected chi connectivity index (χ0v) is 10.8. The van der Waals surface area contributed by atoms with Gasteiger partial charge in [0.05, 0.1) is 13.2 Å². The van der Waals surface area contributed by atoms with Gasteiger partial charge in [0.2, 0.25) is 0 Å². The van der Waals surface area contributed by atoms with Crippen LogP contribution in [-0.2, 0) is 9.47 Å². The zero-order valence-electron chi connectivity index (χ0n) is 10.8. The van der Waals surface area contributed by atoms with Crippen LogP contribution in [0.25, 0.3) is 0 Å². The third-order valence-corrected chi connectivity index (χ3v) is 3.02. The van der Waals surface area contributed by atoms with Gasteiger partial charge in [0.25, 0.3) is 0 Å². The summed E-state index contributed by atoms with van der Waals surface area (Å²) >= 11 is 0. The lowest BCUT2D eigenvalue weighted by Gasteiger charge is -2.19. The number of anilines is 1. The number of nitrogens with zero attached hydrogens (tertiary/aromatic N) is 2. The van der Waals surface area contributed by atoms with Crippen molar-refractivity contribution >= 4 is 5.82 Å². The normalized spacial score (nSPS) is 29.5. The monoisotopic (exact) mass is 283 g/mol. The van der Waals surface area contributed by atoms with Crippen molar-refractivity contribution in [2.24, 2.45) is 0 Å². The quantitative estimate of drug-likeness (QED) is 0.571. The second-order valence-corrected chi connectivity index (χ2v) is 4.37. The van der Waals surface area contributed by atoms with Crippen molar-refractivity contribution in [2.75, 3.05) is 18.9 Å². The molecule has 4 atom stereocenters. The number of nitrogen functional groups attached to an aromatic ring is 1. The van der Waals surface area contributed by atoms with Crippen LogP contribution in [-0.4, -0.2) is 51.3 Å². The molecule has 20 heavy (non-hydrogen) atoms. The van der Waals surface area contributed by atoms with Crippen LogP contribution < -0.4 is 11.4 Å². The highest BCUT2D eigenvalue weighted by Gasteiger charge is 2.45.